The molecule has 0 bridgehead atoms. The fraction of sp³-hybridized carbons (Fsp3) is 0.833. The van der Waals surface area contributed by atoms with Gasteiger partial charge in [-0.15, -0.1) is 0 Å². The normalized spacial score (nSPS) is 17.3. The maximum atomic E-state index is 11.0. The fourth-order valence-corrected chi connectivity index (χ4v) is 3.73. The Bertz CT molecular complexity index is 394. The Hall–Kier alpha value is -0.310. The molecule has 0 saturated carbocycles. The molecule has 0 radical (unpaired) electrons. The van der Waals surface area contributed by atoms with Crippen LogP contribution in [0.3, 0.4) is 0 Å². The average molecular weight is 308 g/mol. The summed E-state index contributed by atoms with van der Waals surface area (Å²) < 4.78 is 21.9. The van der Waals surface area contributed by atoms with E-state index in [2.05, 4.69) is 0 Å². The van der Waals surface area contributed by atoms with Crippen LogP contribution in [-0.2, 0) is 13.9 Å². The van der Waals surface area contributed by atoms with E-state index in [1.165, 1.54) is 0 Å². The second kappa shape index (κ2) is 4.99. The lowest BCUT2D eigenvalue weighted by molar-refractivity contribution is -0.143. The van der Waals surface area contributed by atoms with Gasteiger partial charge >= 0.3 is 21.2 Å². The summed E-state index contributed by atoms with van der Waals surface area (Å²) in [6, 6.07) is 0. The highest BCUT2D eigenvalue weighted by Crippen LogP contribution is 2.70. The smallest absolute Gasteiger partial charge is 0.369 e. The Morgan fingerprint density at radius 2 is 1.39 bits per heavy atom. The second-order valence-corrected chi connectivity index (χ2v) is 8.12. The van der Waals surface area contributed by atoms with E-state index in [1.54, 1.807) is 0 Å². The summed E-state index contributed by atoms with van der Waals surface area (Å²) in [5, 5.41) is 23.6. The quantitative estimate of drug-likeness (QED) is 0.287. The summed E-state index contributed by atoms with van der Waals surface area (Å²) in [6.45, 7) is 0.775. The van der Waals surface area contributed by atoms with E-state index >= 15 is 0 Å². The standard InChI is InChI=1S/C6H14O10P2/c1-5(9,2-4(7)8)3-6(10,17(11,12)13)18(14,15)16/h9-10H,2-3H2,1H3,(H,7,8)(H2,11,12,13)(H2,14,15,16)/t5-/m0/s1. The van der Waals surface area contributed by atoms with Crippen molar-refractivity contribution in [3.05, 3.63) is 0 Å². The molecule has 10 nitrogen and oxygen atoms in total. The van der Waals surface area contributed by atoms with Crippen molar-refractivity contribution in [1.82, 2.24) is 0 Å². The predicted octanol–water partition coefficient (Wildman–Crippen LogP) is -1.40. The maximum absolute atomic E-state index is 11.0. The first-order valence-corrected chi connectivity index (χ1v) is 7.63. The Labute approximate surface area is 101 Å². The minimum Gasteiger partial charge on any atom is -0.481 e. The summed E-state index contributed by atoms with van der Waals surface area (Å²) in [6.07, 6.45) is -2.56. The first kappa shape index (κ1) is 17.7. The molecule has 18 heavy (non-hydrogen) atoms. The zero-order valence-corrected chi connectivity index (χ0v) is 11.0. The Morgan fingerprint density at radius 1 is 1.06 bits per heavy atom. The topological polar surface area (TPSA) is 193 Å². The van der Waals surface area contributed by atoms with Gasteiger partial charge in [-0.3, -0.25) is 13.9 Å². The van der Waals surface area contributed by atoms with Crippen molar-refractivity contribution < 1.29 is 48.8 Å². The van der Waals surface area contributed by atoms with Crippen LogP contribution >= 0.6 is 15.2 Å². The van der Waals surface area contributed by atoms with Gasteiger partial charge in [-0.2, -0.15) is 0 Å². The third kappa shape index (κ3) is 4.11. The molecule has 0 aliphatic heterocycles. The third-order valence-corrected chi connectivity index (χ3v) is 5.83. The van der Waals surface area contributed by atoms with Gasteiger partial charge in [-0.1, -0.05) is 0 Å². The van der Waals surface area contributed by atoms with Gasteiger partial charge in [0, 0.05) is 6.42 Å². The van der Waals surface area contributed by atoms with E-state index in [1.807, 2.05) is 0 Å². The Kier molecular flexibility index (Phi) is 4.91. The molecule has 0 aliphatic carbocycles. The van der Waals surface area contributed by atoms with Crippen molar-refractivity contribution in [2.75, 3.05) is 0 Å². The fourth-order valence-electron chi connectivity index (χ4n) is 1.27. The first-order valence-electron chi connectivity index (χ1n) is 4.40. The highest BCUT2D eigenvalue weighted by Gasteiger charge is 2.61. The van der Waals surface area contributed by atoms with E-state index < -0.39 is 44.7 Å². The molecule has 0 fully saturated rings. The number of carbonyl (C=O) groups is 1. The van der Waals surface area contributed by atoms with Gasteiger partial charge in [0.05, 0.1) is 12.0 Å². The summed E-state index contributed by atoms with van der Waals surface area (Å²) >= 11 is 0. The maximum Gasteiger partial charge on any atom is 0.369 e. The summed E-state index contributed by atoms with van der Waals surface area (Å²) in [5.74, 6) is -1.57. The average Bonchev–Trinajstić information content (AvgIpc) is 1.94. The number of aliphatic carboxylic acids is 1. The van der Waals surface area contributed by atoms with Gasteiger partial charge in [0.1, 0.15) is 0 Å². The van der Waals surface area contributed by atoms with Gasteiger partial charge in [-0.25, -0.2) is 0 Å². The second-order valence-electron chi connectivity index (χ2n) is 4.11. The number of aliphatic hydroxyl groups is 2. The van der Waals surface area contributed by atoms with Gasteiger partial charge in [0.25, 0.3) is 5.08 Å². The molecule has 0 heterocycles. The van der Waals surface area contributed by atoms with E-state index in [0.717, 1.165) is 6.92 Å². The van der Waals surface area contributed by atoms with Crippen LogP contribution in [0.15, 0.2) is 0 Å². The Morgan fingerprint density at radius 3 is 1.61 bits per heavy atom. The zero-order chi connectivity index (χ0) is 15.0. The van der Waals surface area contributed by atoms with E-state index in [0.29, 0.717) is 0 Å². The summed E-state index contributed by atoms with van der Waals surface area (Å²) in [7, 11) is -11.4. The lowest BCUT2D eigenvalue weighted by Crippen LogP contribution is -2.40. The lowest BCUT2D eigenvalue weighted by Gasteiger charge is -2.34. The minimum atomic E-state index is -5.71. The Balaban J connectivity index is 5.50. The van der Waals surface area contributed by atoms with E-state index in [-0.39, 0.29) is 0 Å². The SMILES string of the molecule is C[C@](O)(CC(=O)O)CC(O)(P(=O)(O)O)P(=O)(O)O. The molecule has 0 spiro atoms. The molecule has 0 unspecified atom stereocenters. The van der Waals surface area contributed by atoms with E-state index in [4.69, 9.17) is 24.7 Å². The number of carboxylic acid groups (broad SMARTS) is 1. The monoisotopic (exact) mass is 308 g/mol. The lowest BCUT2D eigenvalue weighted by atomic mass is 9.99. The summed E-state index contributed by atoms with van der Waals surface area (Å²) in [4.78, 5) is 45.5. The molecule has 12 heteroatoms. The van der Waals surface area contributed by atoms with Crippen LogP contribution in [0, 0.1) is 0 Å². The molecule has 0 aromatic carbocycles. The van der Waals surface area contributed by atoms with Crippen LogP contribution < -0.4 is 0 Å². The molecule has 0 aromatic rings. The number of hydrogen-bond donors (Lipinski definition) is 7. The van der Waals surface area contributed by atoms with Gasteiger partial charge < -0.3 is 34.9 Å². The predicted molar refractivity (Wildman–Crippen MR) is 56.5 cm³/mol. The molecule has 0 rings (SSSR count). The van der Waals surface area contributed by atoms with Crippen LogP contribution in [0.2, 0.25) is 0 Å². The van der Waals surface area contributed by atoms with Gasteiger partial charge in [0.2, 0.25) is 0 Å². The number of hydrogen-bond acceptors (Lipinski definition) is 5. The van der Waals surface area contributed by atoms with Crippen molar-refractivity contribution in [3.63, 3.8) is 0 Å². The van der Waals surface area contributed by atoms with Crippen LogP contribution in [-0.4, -0.2) is 51.5 Å². The molecule has 0 amide bonds. The molecule has 1 atom stereocenters. The first-order chi connectivity index (χ1) is 7.62. The van der Waals surface area contributed by atoms with Crippen LogP contribution in [0.5, 0.6) is 0 Å². The molecule has 0 saturated heterocycles. The molecule has 0 aliphatic rings. The van der Waals surface area contributed by atoms with Crippen molar-refractivity contribution in [2.45, 2.75) is 30.4 Å². The largest absolute Gasteiger partial charge is 0.481 e. The minimum absolute atomic E-state index is 0.775. The van der Waals surface area contributed by atoms with Crippen molar-refractivity contribution in [1.29, 1.82) is 0 Å². The van der Waals surface area contributed by atoms with Gasteiger partial charge in [0.15, 0.2) is 0 Å². The summed E-state index contributed by atoms with van der Waals surface area (Å²) in [5.41, 5.74) is -2.41. The molecule has 0 aromatic heterocycles. The molecule has 108 valence electrons. The molecular weight excluding hydrogens is 294 g/mol. The van der Waals surface area contributed by atoms with Gasteiger partial charge in [-0.05, 0) is 6.92 Å². The molecular formula is C6H14O10P2. The molecule has 7 N–H and O–H groups in total. The van der Waals surface area contributed by atoms with Crippen LogP contribution in [0.4, 0.5) is 0 Å². The van der Waals surface area contributed by atoms with E-state index in [9.17, 15) is 24.1 Å². The van der Waals surface area contributed by atoms with Crippen molar-refractivity contribution >= 4 is 21.2 Å². The highest BCUT2D eigenvalue weighted by atomic mass is 31.2. The van der Waals surface area contributed by atoms with Crippen LogP contribution in [0.1, 0.15) is 19.8 Å². The third-order valence-electron chi connectivity index (χ3n) is 2.08. The van der Waals surface area contributed by atoms with Crippen molar-refractivity contribution in [3.8, 4) is 0 Å². The van der Waals surface area contributed by atoms with Crippen molar-refractivity contribution in [2.24, 2.45) is 0 Å². The zero-order valence-electron chi connectivity index (χ0n) is 9.16. The highest BCUT2D eigenvalue weighted by molar-refractivity contribution is 7.72. The van der Waals surface area contributed by atoms with Crippen LogP contribution in [0.25, 0.3) is 0 Å². The number of rotatable bonds is 6. The number of carboxylic acids is 1.